The van der Waals surface area contributed by atoms with Gasteiger partial charge in [-0.05, 0) is 30.7 Å². The first-order valence-corrected chi connectivity index (χ1v) is 6.43. The van der Waals surface area contributed by atoms with Crippen LogP contribution in [0.5, 0.6) is 0 Å². The summed E-state index contributed by atoms with van der Waals surface area (Å²) in [6, 6.07) is 4.72. The molecule has 2 rings (SSSR count). The van der Waals surface area contributed by atoms with E-state index in [0.717, 1.165) is 5.56 Å². The van der Waals surface area contributed by atoms with Gasteiger partial charge >= 0.3 is 5.97 Å². The largest absolute Gasteiger partial charge is 0.465 e. The molecule has 6 heteroatoms. The predicted molar refractivity (Wildman–Crippen MR) is 73.8 cm³/mol. The van der Waals surface area contributed by atoms with Crippen molar-refractivity contribution < 1.29 is 19.1 Å². The molecule has 1 amide bonds. The average molecular weight is 278 g/mol. The molecule has 1 saturated heterocycles. The lowest BCUT2D eigenvalue weighted by atomic mass is 10.1. The summed E-state index contributed by atoms with van der Waals surface area (Å²) in [6.07, 6.45) is 0. The van der Waals surface area contributed by atoms with Crippen LogP contribution < -0.4 is 10.6 Å². The molecule has 0 aromatic heterocycles. The highest BCUT2D eigenvalue weighted by atomic mass is 16.5. The summed E-state index contributed by atoms with van der Waals surface area (Å²) >= 11 is 0. The fourth-order valence-corrected chi connectivity index (χ4v) is 2.04. The second-order valence-corrected chi connectivity index (χ2v) is 4.59. The monoisotopic (exact) mass is 278 g/mol. The number of hydrogen-bond donors (Lipinski definition) is 2. The number of methoxy groups -OCH3 is 1. The standard InChI is InChI=1S/C14H18N2O4/c1-9-7-10(3-4-11(9)14(18)19-2)16-13(17)12-8-20-6-5-15-12/h3-4,7,12,15H,5-6,8H2,1-2H3,(H,16,17). The van der Waals surface area contributed by atoms with Crippen molar-refractivity contribution in [3.63, 3.8) is 0 Å². The molecule has 0 aliphatic carbocycles. The zero-order valence-electron chi connectivity index (χ0n) is 11.6. The third-order valence-electron chi connectivity index (χ3n) is 3.14. The number of ether oxygens (including phenoxy) is 2. The number of rotatable bonds is 3. The van der Waals surface area contributed by atoms with Gasteiger partial charge in [0.05, 0.1) is 25.9 Å². The first kappa shape index (κ1) is 14.5. The van der Waals surface area contributed by atoms with Gasteiger partial charge in [-0.2, -0.15) is 0 Å². The van der Waals surface area contributed by atoms with E-state index in [2.05, 4.69) is 15.4 Å². The van der Waals surface area contributed by atoms with Gasteiger partial charge in [-0.1, -0.05) is 0 Å². The Bertz CT molecular complexity index is 510. The number of morpholine rings is 1. The first-order chi connectivity index (χ1) is 9.61. The van der Waals surface area contributed by atoms with Crippen molar-refractivity contribution in [3.8, 4) is 0 Å². The molecule has 0 spiro atoms. The van der Waals surface area contributed by atoms with Gasteiger partial charge in [0.1, 0.15) is 6.04 Å². The number of amides is 1. The van der Waals surface area contributed by atoms with Crippen LogP contribution >= 0.6 is 0 Å². The lowest BCUT2D eigenvalue weighted by Crippen LogP contribution is -2.48. The van der Waals surface area contributed by atoms with Crippen molar-refractivity contribution in [1.82, 2.24) is 5.32 Å². The zero-order chi connectivity index (χ0) is 14.5. The van der Waals surface area contributed by atoms with E-state index in [1.54, 1.807) is 25.1 Å². The van der Waals surface area contributed by atoms with Crippen LogP contribution in [-0.4, -0.2) is 44.8 Å². The lowest BCUT2D eigenvalue weighted by molar-refractivity contribution is -0.120. The van der Waals surface area contributed by atoms with Crippen molar-refractivity contribution in [3.05, 3.63) is 29.3 Å². The number of carbonyl (C=O) groups is 2. The minimum Gasteiger partial charge on any atom is -0.465 e. The zero-order valence-corrected chi connectivity index (χ0v) is 11.6. The molecule has 1 aromatic carbocycles. The van der Waals surface area contributed by atoms with Gasteiger partial charge in [-0.15, -0.1) is 0 Å². The fourth-order valence-electron chi connectivity index (χ4n) is 2.04. The van der Waals surface area contributed by atoms with Gasteiger partial charge in [0.15, 0.2) is 0 Å². The van der Waals surface area contributed by atoms with Gasteiger partial charge in [0.2, 0.25) is 5.91 Å². The average Bonchev–Trinajstić information content (AvgIpc) is 2.47. The molecule has 6 nitrogen and oxygen atoms in total. The third kappa shape index (κ3) is 3.34. The highest BCUT2D eigenvalue weighted by Crippen LogP contribution is 2.16. The maximum absolute atomic E-state index is 12.0. The fraction of sp³-hybridized carbons (Fsp3) is 0.429. The van der Waals surface area contributed by atoms with E-state index in [-0.39, 0.29) is 17.9 Å². The molecule has 1 heterocycles. The number of benzene rings is 1. The van der Waals surface area contributed by atoms with Gasteiger partial charge in [-0.3, -0.25) is 4.79 Å². The van der Waals surface area contributed by atoms with Crippen LogP contribution in [0.15, 0.2) is 18.2 Å². The van der Waals surface area contributed by atoms with Crippen molar-refractivity contribution in [2.24, 2.45) is 0 Å². The Hall–Kier alpha value is -1.92. The molecule has 1 atom stereocenters. The number of carbonyl (C=O) groups excluding carboxylic acids is 2. The SMILES string of the molecule is COC(=O)c1ccc(NC(=O)C2COCCN2)cc1C. The van der Waals surface area contributed by atoms with E-state index in [4.69, 9.17) is 4.74 Å². The Balaban J connectivity index is 2.04. The highest BCUT2D eigenvalue weighted by Gasteiger charge is 2.21. The van der Waals surface area contributed by atoms with Crippen LogP contribution in [0.3, 0.4) is 0 Å². The number of anilines is 1. The summed E-state index contributed by atoms with van der Waals surface area (Å²) in [5, 5.41) is 5.88. The molecule has 1 aromatic rings. The molecule has 1 unspecified atom stereocenters. The van der Waals surface area contributed by atoms with Gasteiger partial charge in [-0.25, -0.2) is 4.79 Å². The molecule has 0 bridgehead atoms. The van der Waals surface area contributed by atoms with Crippen LogP contribution in [-0.2, 0) is 14.3 Å². The normalized spacial score (nSPS) is 18.4. The van der Waals surface area contributed by atoms with Crippen LogP contribution in [0.4, 0.5) is 5.69 Å². The Morgan fingerprint density at radius 2 is 2.25 bits per heavy atom. The number of nitrogens with one attached hydrogen (secondary N) is 2. The maximum atomic E-state index is 12.0. The Labute approximate surface area is 117 Å². The van der Waals surface area contributed by atoms with Crippen molar-refractivity contribution in [2.45, 2.75) is 13.0 Å². The quantitative estimate of drug-likeness (QED) is 0.796. The highest BCUT2D eigenvalue weighted by molar-refractivity contribution is 5.96. The Morgan fingerprint density at radius 1 is 1.45 bits per heavy atom. The van der Waals surface area contributed by atoms with Gasteiger partial charge in [0.25, 0.3) is 0 Å². The molecule has 2 N–H and O–H groups in total. The lowest BCUT2D eigenvalue weighted by Gasteiger charge is -2.23. The molecule has 1 fully saturated rings. The van der Waals surface area contributed by atoms with E-state index >= 15 is 0 Å². The van der Waals surface area contributed by atoms with Gasteiger partial charge in [0, 0.05) is 12.2 Å². The van der Waals surface area contributed by atoms with E-state index in [9.17, 15) is 9.59 Å². The van der Waals surface area contributed by atoms with Crippen molar-refractivity contribution >= 4 is 17.6 Å². The second-order valence-electron chi connectivity index (χ2n) is 4.59. The predicted octanol–water partition coefficient (Wildman–Crippen LogP) is 0.709. The summed E-state index contributed by atoms with van der Waals surface area (Å²) in [4.78, 5) is 23.5. The Kier molecular flexibility index (Phi) is 4.70. The van der Waals surface area contributed by atoms with E-state index in [0.29, 0.717) is 31.0 Å². The van der Waals surface area contributed by atoms with E-state index in [1.165, 1.54) is 7.11 Å². The van der Waals surface area contributed by atoms with Crippen LogP contribution in [0, 0.1) is 6.92 Å². The van der Waals surface area contributed by atoms with E-state index < -0.39 is 0 Å². The molecule has 0 radical (unpaired) electrons. The van der Waals surface area contributed by atoms with E-state index in [1.807, 2.05) is 0 Å². The molecule has 1 aliphatic rings. The number of hydrogen-bond acceptors (Lipinski definition) is 5. The van der Waals surface area contributed by atoms with Crippen molar-refractivity contribution in [2.75, 3.05) is 32.2 Å². The molecular formula is C14H18N2O4. The van der Waals surface area contributed by atoms with Crippen LogP contribution in [0.2, 0.25) is 0 Å². The number of aryl methyl sites for hydroxylation is 1. The Morgan fingerprint density at radius 3 is 2.85 bits per heavy atom. The summed E-state index contributed by atoms with van der Waals surface area (Å²) in [7, 11) is 1.34. The maximum Gasteiger partial charge on any atom is 0.338 e. The van der Waals surface area contributed by atoms with Crippen LogP contribution in [0.25, 0.3) is 0 Å². The molecule has 1 aliphatic heterocycles. The summed E-state index contributed by atoms with van der Waals surface area (Å²) in [5.74, 6) is -0.530. The van der Waals surface area contributed by atoms with Gasteiger partial charge < -0.3 is 20.1 Å². The molecular weight excluding hydrogens is 260 g/mol. The van der Waals surface area contributed by atoms with Crippen LogP contribution in [0.1, 0.15) is 15.9 Å². The second kappa shape index (κ2) is 6.49. The van der Waals surface area contributed by atoms with Crippen molar-refractivity contribution in [1.29, 1.82) is 0 Å². The summed E-state index contributed by atoms with van der Waals surface area (Å²) in [5.41, 5.74) is 1.89. The number of esters is 1. The molecule has 0 saturated carbocycles. The third-order valence-corrected chi connectivity index (χ3v) is 3.14. The summed E-state index contributed by atoms with van der Waals surface area (Å²) in [6.45, 7) is 3.45. The minimum atomic E-state index is -0.386. The topological polar surface area (TPSA) is 76.7 Å². The smallest absolute Gasteiger partial charge is 0.338 e. The first-order valence-electron chi connectivity index (χ1n) is 6.43. The summed E-state index contributed by atoms with van der Waals surface area (Å²) < 4.78 is 9.93. The molecule has 20 heavy (non-hydrogen) atoms. The molecule has 108 valence electrons. The minimum absolute atomic E-state index is 0.144.